The highest BCUT2D eigenvalue weighted by molar-refractivity contribution is 6.25. The molecule has 0 N–H and O–H groups in total. The van der Waals surface area contributed by atoms with Gasteiger partial charge in [-0.1, -0.05) is 446 Å². The molecule has 0 nitrogen and oxygen atoms in total. The van der Waals surface area contributed by atoms with E-state index in [1.165, 1.54) is 231 Å². The van der Waals surface area contributed by atoms with Crippen molar-refractivity contribution >= 4 is 86.2 Å². The van der Waals surface area contributed by atoms with Crippen LogP contribution in [0, 0.1) is 0 Å². The van der Waals surface area contributed by atoms with Crippen LogP contribution >= 0.6 is 0 Å². The van der Waals surface area contributed by atoms with Gasteiger partial charge in [0.2, 0.25) is 0 Å². The second-order valence-electron chi connectivity index (χ2n) is 34.6. The molecule has 0 aliphatic heterocycles. The average Bonchev–Trinajstić information content (AvgIpc) is 1.50. The quantitative estimate of drug-likeness (QED) is 0.133. The molecule has 578 valence electrons. The lowest BCUT2D eigenvalue weighted by Crippen LogP contribution is -2.28. The summed E-state index contributed by atoms with van der Waals surface area (Å²) in [6.45, 7) is 9.52. The van der Waals surface area contributed by atoms with Crippen LogP contribution in [0.4, 0.5) is 0 Å². The summed E-state index contributed by atoms with van der Waals surface area (Å²) in [7, 11) is 0. The minimum absolute atomic E-state index is 0.0692. The second kappa shape index (κ2) is 29.1. The van der Waals surface area contributed by atoms with Crippen LogP contribution in [0.5, 0.6) is 0 Å². The lowest BCUT2D eigenvalue weighted by Gasteiger charge is -2.34. The fourth-order valence-corrected chi connectivity index (χ4v) is 21.9. The summed E-state index contributed by atoms with van der Waals surface area (Å²) < 4.78 is 0. The van der Waals surface area contributed by atoms with E-state index in [1.807, 2.05) is 0 Å². The van der Waals surface area contributed by atoms with Gasteiger partial charge in [-0.2, -0.15) is 0 Å². The maximum Gasteiger partial charge on any atom is 0.0713 e. The highest BCUT2D eigenvalue weighted by atomic mass is 14.5. The van der Waals surface area contributed by atoms with Crippen molar-refractivity contribution < 1.29 is 0 Å². The largest absolute Gasteiger partial charge is 0.0713 e. The van der Waals surface area contributed by atoms with E-state index in [1.54, 1.807) is 0 Å². The number of fused-ring (bicyclic) bond motifs is 18. The molecule has 0 fully saturated rings. The molecule has 0 unspecified atom stereocenters. The second-order valence-corrected chi connectivity index (χ2v) is 34.6. The van der Waals surface area contributed by atoms with Crippen molar-refractivity contribution in [3.8, 4) is 100 Å². The number of benzene rings is 22. The van der Waals surface area contributed by atoms with Crippen molar-refractivity contribution in [2.75, 3.05) is 0 Å². The Kier molecular flexibility index (Phi) is 17.3. The summed E-state index contributed by atoms with van der Waals surface area (Å²) >= 11 is 0. The normalized spacial score (nSPS) is 13.4. The SMILES string of the molecule is CC1(C)c2cc(-c3c4ccccc4c(-c4ccccc4)c4ccccc34)ccc2-c2c1ccc1ccccc21.CC1(C)c2cc(-c3c4ccccc4c(-c4ccccc4)c4ccccc34)ccc2-c2cc3ccccc3cc21.c1ccc(-c2c3ccccc3c(-c3ccc4c(c3)C(c3ccccc3)(c3ccccc3)c3ccccc3-4)c3ccccc23)cc1. The molecule has 123 heavy (non-hydrogen) atoms. The molecule has 0 saturated carbocycles. The molecule has 0 bridgehead atoms. The first-order chi connectivity index (χ1) is 60.6. The summed E-state index contributed by atoms with van der Waals surface area (Å²) in [6.07, 6.45) is 0. The van der Waals surface area contributed by atoms with Crippen LogP contribution in [0.1, 0.15) is 72.2 Å². The van der Waals surface area contributed by atoms with Crippen molar-refractivity contribution in [2.24, 2.45) is 0 Å². The third-order valence-electron chi connectivity index (χ3n) is 27.4. The molecule has 0 spiro atoms. The third kappa shape index (κ3) is 11.5. The van der Waals surface area contributed by atoms with Crippen LogP contribution in [-0.2, 0) is 16.2 Å². The van der Waals surface area contributed by atoms with Crippen LogP contribution in [0.25, 0.3) is 186 Å². The van der Waals surface area contributed by atoms with Gasteiger partial charge in [0.05, 0.1) is 5.41 Å². The van der Waals surface area contributed by atoms with E-state index in [0.29, 0.717) is 0 Å². The van der Waals surface area contributed by atoms with E-state index in [0.717, 1.165) is 0 Å². The molecule has 0 saturated heterocycles. The molecule has 0 atom stereocenters. The van der Waals surface area contributed by atoms with Crippen molar-refractivity contribution in [3.05, 3.63) is 493 Å². The first kappa shape index (κ1) is 73.1. The molecule has 0 heteroatoms. The molecule has 0 amide bonds. The molecule has 22 aromatic rings. The Morgan fingerprint density at radius 2 is 0.407 bits per heavy atom. The first-order valence-corrected chi connectivity index (χ1v) is 43.3. The molecule has 25 rings (SSSR count). The number of hydrogen-bond donors (Lipinski definition) is 0. The molecule has 22 aromatic carbocycles. The smallest absolute Gasteiger partial charge is 0.0622 e. The van der Waals surface area contributed by atoms with E-state index in [9.17, 15) is 0 Å². The van der Waals surface area contributed by atoms with E-state index in [2.05, 4.69) is 477 Å². The van der Waals surface area contributed by atoms with Gasteiger partial charge in [-0.3, -0.25) is 0 Å². The summed E-state index contributed by atoms with van der Waals surface area (Å²) in [6, 6.07) is 166. The lowest BCUT2D eigenvalue weighted by molar-refractivity contribution is 0.661. The summed E-state index contributed by atoms with van der Waals surface area (Å²) in [5, 5.41) is 20.8. The van der Waals surface area contributed by atoms with E-state index >= 15 is 0 Å². The minimum Gasteiger partial charge on any atom is -0.0622 e. The van der Waals surface area contributed by atoms with Gasteiger partial charge in [0.25, 0.3) is 0 Å². The average molecular weight is 1560 g/mol. The van der Waals surface area contributed by atoms with E-state index < -0.39 is 5.41 Å². The van der Waals surface area contributed by atoms with Crippen LogP contribution in [0.2, 0.25) is 0 Å². The van der Waals surface area contributed by atoms with Gasteiger partial charge in [-0.05, 0) is 261 Å². The maximum atomic E-state index is 2.49. The summed E-state index contributed by atoms with van der Waals surface area (Å²) in [5.74, 6) is 0. The van der Waals surface area contributed by atoms with Crippen LogP contribution in [0.3, 0.4) is 0 Å². The lowest BCUT2D eigenvalue weighted by atomic mass is 9.67. The zero-order valence-electron chi connectivity index (χ0n) is 69.2. The van der Waals surface area contributed by atoms with Gasteiger partial charge >= 0.3 is 0 Å². The predicted molar refractivity (Wildman–Crippen MR) is 524 cm³/mol. The summed E-state index contributed by atoms with van der Waals surface area (Å²) in [4.78, 5) is 0. The highest BCUT2D eigenvalue weighted by Crippen LogP contribution is 2.60. The van der Waals surface area contributed by atoms with Crippen molar-refractivity contribution in [1.29, 1.82) is 0 Å². The van der Waals surface area contributed by atoms with Gasteiger partial charge in [-0.15, -0.1) is 0 Å². The molecular weight excluding hydrogens is 1480 g/mol. The zero-order chi connectivity index (χ0) is 82.1. The van der Waals surface area contributed by atoms with Crippen LogP contribution in [0.15, 0.2) is 449 Å². The molecule has 3 aliphatic rings. The predicted octanol–water partition coefficient (Wildman–Crippen LogP) is 33.3. The molecule has 0 radical (unpaired) electrons. The molecule has 3 aliphatic carbocycles. The van der Waals surface area contributed by atoms with Gasteiger partial charge in [0.15, 0.2) is 0 Å². The third-order valence-corrected chi connectivity index (χ3v) is 27.4. The molecule has 0 aromatic heterocycles. The standard InChI is InChI=1S/C45H30.2C39H28/c1-4-16-31(17-5-1)43-37-23-10-12-25-39(37)44(40-26-13-11-24-38(40)43)32-28-29-36-35-22-14-15-27-41(35)45(42(36)30-32,33-18-6-2-7-19-33)34-20-8-3-9-21-34;1-39(2)34-23-21-25-12-6-7-15-28(25)38(34)33-22-20-27(24-35(33)39)37-31-18-10-8-16-29(31)36(26-13-4-3-5-14-26)30-17-9-11-19-32(30)37;1-39(2)35-24-28(20-21-29(35)34-22-26-14-6-7-15-27(26)23-36(34)39)38-32-18-10-8-16-30(32)37(25-12-4-3-5-13-25)31-17-9-11-19-33(31)38/h1-30H;2*3-24H,1-2H3. The highest BCUT2D eigenvalue weighted by Gasteiger charge is 2.47. The van der Waals surface area contributed by atoms with Gasteiger partial charge in [0.1, 0.15) is 0 Å². The fourth-order valence-electron chi connectivity index (χ4n) is 21.9. The first-order valence-electron chi connectivity index (χ1n) is 43.3. The monoisotopic (exact) mass is 1560 g/mol. The topological polar surface area (TPSA) is 0 Å². The van der Waals surface area contributed by atoms with Crippen molar-refractivity contribution in [2.45, 2.75) is 43.9 Å². The maximum absolute atomic E-state index is 2.49. The van der Waals surface area contributed by atoms with Gasteiger partial charge in [-0.25, -0.2) is 0 Å². The Bertz CT molecular complexity index is 7780. The Morgan fingerprint density at radius 1 is 0.138 bits per heavy atom. The van der Waals surface area contributed by atoms with E-state index in [-0.39, 0.29) is 10.8 Å². The Hall–Kier alpha value is -15.1. The number of hydrogen-bond acceptors (Lipinski definition) is 0. The van der Waals surface area contributed by atoms with Gasteiger partial charge < -0.3 is 0 Å². The number of rotatable bonds is 8. The zero-order valence-corrected chi connectivity index (χ0v) is 69.2. The molecule has 0 heterocycles. The molecular formula is C123H86. The van der Waals surface area contributed by atoms with Crippen molar-refractivity contribution in [3.63, 3.8) is 0 Å². The van der Waals surface area contributed by atoms with E-state index in [4.69, 9.17) is 0 Å². The Morgan fingerprint density at radius 3 is 0.805 bits per heavy atom. The van der Waals surface area contributed by atoms with Crippen LogP contribution < -0.4 is 0 Å². The Labute approximate surface area is 718 Å². The summed E-state index contributed by atoms with van der Waals surface area (Å²) in [5.41, 5.74) is 33.8. The van der Waals surface area contributed by atoms with Crippen molar-refractivity contribution in [1.82, 2.24) is 0 Å². The minimum atomic E-state index is -0.431. The Balaban J connectivity index is 0.000000107. The fraction of sp³-hybridized carbons (Fsp3) is 0.0569. The van der Waals surface area contributed by atoms with Gasteiger partial charge in [0, 0.05) is 10.8 Å². The van der Waals surface area contributed by atoms with Crippen LogP contribution in [-0.4, -0.2) is 0 Å².